The number of aromatic nitrogens is 4. The predicted octanol–water partition coefficient (Wildman–Crippen LogP) is 4.21. The van der Waals surface area contributed by atoms with Gasteiger partial charge >= 0.3 is 6.18 Å². The molecule has 0 saturated heterocycles. The van der Waals surface area contributed by atoms with Gasteiger partial charge in [-0.1, -0.05) is 24.6 Å². The fraction of sp³-hybridized carbons (Fsp3) is 0.440. The Morgan fingerprint density at radius 1 is 1.00 bits per heavy atom. The van der Waals surface area contributed by atoms with Crippen molar-refractivity contribution in [1.82, 2.24) is 23.1 Å². The van der Waals surface area contributed by atoms with Gasteiger partial charge in [0.1, 0.15) is 5.82 Å². The van der Waals surface area contributed by atoms with Gasteiger partial charge in [-0.15, -0.1) is 0 Å². The lowest BCUT2D eigenvalue weighted by Gasteiger charge is -2.15. The molecule has 9 nitrogen and oxygen atoms in total. The Balaban J connectivity index is 1.48. The quantitative estimate of drug-likeness (QED) is 0.365. The van der Waals surface area contributed by atoms with Crippen LogP contribution in [0.1, 0.15) is 55.6 Å². The molecule has 0 aliphatic heterocycles. The molecule has 3 atom stereocenters. The fourth-order valence-corrected chi connectivity index (χ4v) is 8.43. The summed E-state index contributed by atoms with van der Waals surface area (Å²) < 4.78 is 99.0. The number of alkyl halides is 3. The first-order valence-electron chi connectivity index (χ1n) is 12.6. The molecule has 1 aromatic carbocycles. The van der Waals surface area contributed by atoms with Crippen molar-refractivity contribution in [3.63, 3.8) is 0 Å². The summed E-state index contributed by atoms with van der Waals surface area (Å²) in [6.07, 6.45) is -0.573. The van der Waals surface area contributed by atoms with Crippen LogP contribution in [-0.4, -0.2) is 46.5 Å². The van der Waals surface area contributed by atoms with E-state index in [1.807, 2.05) is 13.8 Å². The molecule has 2 fully saturated rings. The van der Waals surface area contributed by atoms with E-state index >= 15 is 0 Å². The van der Waals surface area contributed by atoms with E-state index in [4.69, 9.17) is 0 Å². The number of nitrogens with zero attached hydrogens (tertiary/aromatic N) is 4. The number of aryl methyl sites for hydroxylation is 1. The third-order valence-electron chi connectivity index (χ3n) is 7.65. The second-order valence-corrected chi connectivity index (χ2v) is 14.4. The van der Waals surface area contributed by atoms with Crippen molar-refractivity contribution in [3.8, 4) is 0 Å². The summed E-state index contributed by atoms with van der Waals surface area (Å²) in [4.78, 5) is 8.17. The number of benzene rings is 1. The van der Waals surface area contributed by atoms with Gasteiger partial charge in [0.15, 0.2) is 11.3 Å². The number of nitrogens with one attached hydrogen (secondary N) is 1. The van der Waals surface area contributed by atoms with Crippen LogP contribution in [-0.2, 0) is 26.2 Å². The van der Waals surface area contributed by atoms with Gasteiger partial charge in [0.25, 0.3) is 10.0 Å². The maximum absolute atomic E-state index is 14.1. The normalized spacial score (nSPS) is 22.7. The minimum absolute atomic E-state index is 0.0181. The van der Waals surface area contributed by atoms with Crippen LogP contribution in [0.2, 0.25) is 0 Å². The molecular weight excluding hydrogens is 555 g/mol. The average molecular weight is 582 g/mol. The van der Waals surface area contributed by atoms with E-state index in [2.05, 4.69) is 14.7 Å². The Morgan fingerprint density at radius 2 is 1.69 bits per heavy atom. The van der Waals surface area contributed by atoms with Crippen molar-refractivity contribution in [3.05, 3.63) is 59.8 Å². The van der Waals surface area contributed by atoms with Crippen LogP contribution in [0.3, 0.4) is 0 Å². The summed E-state index contributed by atoms with van der Waals surface area (Å²) in [5.74, 6) is -0.566. The van der Waals surface area contributed by atoms with Gasteiger partial charge in [-0.25, -0.2) is 35.5 Å². The third kappa shape index (κ3) is 4.42. The van der Waals surface area contributed by atoms with Crippen LogP contribution in [0.5, 0.6) is 0 Å². The lowest BCUT2D eigenvalue weighted by Crippen LogP contribution is -2.35. The topological polar surface area (TPSA) is 115 Å². The zero-order valence-electron chi connectivity index (χ0n) is 21.1. The molecule has 6 rings (SSSR count). The van der Waals surface area contributed by atoms with Crippen molar-refractivity contribution < 1.29 is 30.0 Å². The van der Waals surface area contributed by atoms with Gasteiger partial charge in [0.05, 0.1) is 27.4 Å². The Bertz CT molecular complexity index is 1810. The van der Waals surface area contributed by atoms with Gasteiger partial charge in [0, 0.05) is 18.2 Å². The van der Waals surface area contributed by atoms with Crippen molar-refractivity contribution in [2.45, 2.75) is 67.8 Å². The summed E-state index contributed by atoms with van der Waals surface area (Å²) in [6, 6.07) is 7.22. The third-order valence-corrected chi connectivity index (χ3v) is 11.3. The molecule has 0 bridgehead atoms. The molecular formula is C25H26F3N5O4S2. The maximum atomic E-state index is 14.1. The van der Waals surface area contributed by atoms with Gasteiger partial charge < -0.3 is 0 Å². The van der Waals surface area contributed by atoms with E-state index in [1.165, 1.54) is 28.8 Å². The van der Waals surface area contributed by atoms with E-state index in [0.717, 1.165) is 15.7 Å². The van der Waals surface area contributed by atoms with Crippen molar-refractivity contribution >= 4 is 36.7 Å². The van der Waals surface area contributed by atoms with Crippen LogP contribution in [0.15, 0.2) is 47.6 Å². The number of rotatable bonds is 6. The van der Waals surface area contributed by atoms with E-state index in [-0.39, 0.29) is 39.7 Å². The molecule has 1 N–H and O–H groups in total. The van der Waals surface area contributed by atoms with E-state index in [1.54, 1.807) is 12.1 Å². The second-order valence-electron chi connectivity index (χ2n) is 10.5. The molecule has 4 aromatic rings. The summed E-state index contributed by atoms with van der Waals surface area (Å²) in [7, 11) is -7.56. The summed E-state index contributed by atoms with van der Waals surface area (Å²) >= 11 is 0. The molecule has 0 radical (unpaired) electrons. The predicted molar refractivity (Wildman–Crippen MR) is 137 cm³/mol. The van der Waals surface area contributed by atoms with Crippen LogP contribution in [0.25, 0.3) is 16.7 Å². The van der Waals surface area contributed by atoms with Gasteiger partial charge in [-0.05, 0) is 56.7 Å². The largest absolute Gasteiger partial charge is 0.435 e. The van der Waals surface area contributed by atoms with Crippen molar-refractivity contribution in [1.29, 1.82) is 0 Å². The smallest absolute Gasteiger partial charge is 0.291 e. The number of imidazole rings is 1. The molecule has 39 heavy (non-hydrogen) atoms. The molecule has 0 amide bonds. The summed E-state index contributed by atoms with van der Waals surface area (Å²) in [6.45, 7) is 3.68. The van der Waals surface area contributed by atoms with E-state index in [9.17, 15) is 30.0 Å². The monoisotopic (exact) mass is 581 g/mol. The minimum Gasteiger partial charge on any atom is -0.291 e. The lowest BCUT2D eigenvalue weighted by atomic mass is 9.97. The Labute approximate surface area is 223 Å². The molecule has 3 heterocycles. The van der Waals surface area contributed by atoms with Crippen LogP contribution in [0.4, 0.5) is 13.2 Å². The molecule has 0 unspecified atom stereocenters. The van der Waals surface area contributed by atoms with Crippen LogP contribution >= 0.6 is 0 Å². The molecule has 2 aliphatic carbocycles. The van der Waals surface area contributed by atoms with Gasteiger partial charge in [-0.3, -0.25) is 4.40 Å². The van der Waals surface area contributed by atoms with Crippen LogP contribution in [0, 0.1) is 12.8 Å². The zero-order chi connectivity index (χ0) is 27.9. The summed E-state index contributed by atoms with van der Waals surface area (Å²) in [5, 5.41) is -0.406. The number of sulfonamides is 1. The Kier molecular flexibility index (Phi) is 5.90. The first-order chi connectivity index (χ1) is 18.3. The SMILES string of the molecule is Cc1ccc(S(=O)(=O)n2ccc3c2ncc2c(C(F)(F)F)nc([C@H]4C[C@@H](NS(=O)(=O)C5CC5)C[C@H]4C)n23)cc1. The highest BCUT2D eigenvalue weighted by Crippen LogP contribution is 2.43. The first-order valence-corrected chi connectivity index (χ1v) is 15.5. The molecule has 0 spiro atoms. The highest BCUT2D eigenvalue weighted by atomic mass is 32.2. The number of hydrogen-bond acceptors (Lipinski definition) is 6. The molecule has 208 valence electrons. The number of fused-ring (bicyclic) bond motifs is 3. The van der Waals surface area contributed by atoms with Gasteiger partial charge in [0.2, 0.25) is 10.0 Å². The maximum Gasteiger partial charge on any atom is 0.435 e. The minimum atomic E-state index is -4.77. The Morgan fingerprint density at radius 3 is 2.33 bits per heavy atom. The molecule has 2 aliphatic rings. The second kappa shape index (κ2) is 8.77. The Hall–Kier alpha value is -2.97. The van der Waals surface area contributed by atoms with Crippen LogP contribution < -0.4 is 4.72 Å². The highest BCUT2D eigenvalue weighted by Gasteiger charge is 2.44. The first kappa shape index (κ1) is 26.3. The molecule has 14 heteroatoms. The zero-order valence-corrected chi connectivity index (χ0v) is 22.7. The summed E-state index contributed by atoms with van der Waals surface area (Å²) in [5.41, 5.74) is -0.403. The number of halogens is 3. The van der Waals surface area contributed by atoms with Crippen molar-refractivity contribution in [2.24, 2.45) is 5.92 Å². The highest BCUT2D eigenvalue weighted by molar-refractivity contribution is 7.90. The van der Waals surface area contributed by atoms with E-state index < -0.39 is 49.1 Å². The molecule has 2 saturated carbocycles. The standard InChI is InChI=1S/C25H26F3N5O4S2/c1-14-3-5-18(6-4-14)39(36,37)32-10-9-20-24(32)29-13-21-22(25(26,27)28)30-23(33(20)21)19-12-16(11-15(19)2)31-38(34,35)17-7-8-17/h3-6,9-10,13,15-17,19,31H,7-8,11-12H2,1-2H3/t15-,16+,19+/m1/s1. The fourth-order valence-electron chi connectivity index (χ4n) is 5.53. The van der Waals surface area contributed by atoms with Crippen molar-refractivity contribution in [2.75, 3.05) is 0 Å². The van der Waals surface area contributed by atoms with E-state index in [0.29, 0.717) is 19.3 Å². The van der Waals surface area contributed by atoms with Gasteiger partial charge in [-0.2, -0.15) is 13.2 Å². The average Bonchev–Trinajstić information content (AvgIpc) is 3.37. The lowest BCUT2D eigenvalue weighted by molar-refractivity contribution is -0.139. The molecule has 3 aromatic heterocycles. The number of hydrogen-bond donors (Lipinski definition) is 1.